The van der Waals surface area contributed by atoms with Gasteiger partial charge in [-0.15, -0.1) is 0 Å². The van der Waals surface area contributed by atoms with Crippen molar-refractivity contribution in [2.45, 2.75) is 20.0 Å². The molecule has 0 saturated heterocycles. The number of hydrogen-bond donors (Lipinski definition) is 0. The van der Waals surface area contributed by atoms with Crippen molar-refractivity contribution in [1.82, 2.24) is 4.98 Å². The van der Waals surface area contributed by atoms with Gasteiger partial charge in [0.25, 0.3) is 0 Å². The van der Waals surface area contributed by atoms with E-state index in [2.05, 4.69) is 11.1 Å². The number of likely N-dealkylation sites (N-methyl/N-ethyl adjacent to an activating group) is 1. The van der Waals surface area contributed by atoms with Gasteiger partial charge >= 0.3 is 0 Å². The first kappa shape index (κ1) is 14.3. The van der Waals surface area contributed by atoms with Crippen LogP contribution in [0.1, 0.15) is 19.4 Å². The van der Waals surface area contributed by atoms with Crippen LogP contribution >= 0.6 is 0 Å². The van der Waals surface area contributed by atoms with E-state index in [1.165, 1.54) is 0 Å². The number of benzene rings is 1. The molecule has 2 rings (SSSR count). The van der Waals surface area contributed by atoms with E-state index >= 15 is 0 Å². The van der Waals surface area contributed by atoms with E-state index < -0.39 is 0 Å². The topological polar surface area (TPSA) is 49.1 Å². The Morgan fingerprint density at radius 1 is 1.35 bits per heavy atom. The van der Waals surface area contributed by atoms with Crippen molar-refractivity contribution in [2.75, 3.05) is 25.1 Å². The second-order valence-electron chi connectivity index (χ2n) is 5.00. The van der Waals surface area contributed by atoms with Crippen LogP contribution in [-0.4, -0.2) is 31.3 Å². The SMILES string of the molecule is CC(C)OCCN(C)c1cc(C#N)c2ccccc2n1. The zero-order chi connectivity index (χ0) is 14.5. The maximum atomic E-state index is 9.27. The second kappa shape index (κ2) is 6.36. The molecule has 0 fully saturated rings. The average molecular weight is 269 g/mol. The molecule has 0 radical (unpaired) electrons. The van der Waals surface area contributed by atoms with Gasteiger partial charge in [-0.3, -0.25) is 0 Å². The van der Waals surface area contributed by atoms with Crippen molar-refractivity contribution >= 4 is 16.7 Å². The Morgan fingerprint density at radius 3 is 2.80 bits per heavy atom. The summed E-state index contributed by atoms with van der Waals surface area (Å²) in [6.45, 7) is 5.42. The summed E-state index contributed by atoms with van der Waals surface area (Å²) in [6.07, 6.45) is 0.225. The Bertz CT molecular complexity index is 631. The molecule has 0 unspecified atom stereocenters. The van der Waals surface area contributed by atoms with Gasteiger partial charge in [-0.25, -0.2) is 4.98 Å². The maximum Gasteiger partial charge on any atom is 0.130 e. The fourth-order valence-electron chi connectivity index (χ4n) is 1.99. The molecule has 0 spiro atoms. The van der Waals surface area contributed by atoms with Crippen LogP contribution in [0.4, 0.5) is 5.82 Å². The summed E-state index contributed by atoms with van der Waals surface area (Å²) in [7, 11) is 1.96. The number of ether oxygens (including phenoxy) is 1. The highest BCUT2D eigenvalue weighted by Crippen LogP contribution is 2.21. The first-order valence-corrected chi connectivity index (χ1v) is 6.74. The molecule has 0 N–H and O–H groups in total. The summed E-state index contributed by atoms with van der Waals surface area (Å²) in [4.78, 5) is 6.61. The highest BCUT2D eigenvalue weighted by molar-refractivity contribution is 5.86. The van der Waals surface area contributed by atoms with E-state index in [1.54, 1.807) is 0 Å². The maximum absolute atomic E-state index is 9.27. The summed E-state index contributed by atoms with van der Waals surface area (Å²) in [6, 6.07) is 11.8. The summed E-state index contributed by atoms with van der Waals surface area (Å²) >= 11 is 0. The standard InChI is InChI=1S/C16H19N3O/c1-12(2)20-9-8-19(3)16-10-13(11-17)14-6-4-5-7-15(14)18-16/h4-7,10,12H,8-9H2,1-3H3. The van der Waals surface area contributed by atoms with Crippen LogP contribution in [0.5, 0.6) is 0 Å². The van der Waals surface area contributed by atoms with Crippen LogP contribution in [0, 0.1) is 11.3 Å². The van der Waals surface area contributed by atoms with E-state index in [1.807, 2.05) is 56.1 Å². The fraction of sp³-hybridized carbons (Fsp3) is 0.375. The normalized spacial score (nSPS) is 10.8. The Morgan fingerprint density at radius 2 is 2.10 bits per heavy atom. The molecule has 2 aromatic rings. The molecule has 0 atom stereocenters. The lowest BCUT2D eigenvalue weighted by atomic mass is 10.1. The van der Waals surface area contributed by atoms with Crippen molar-refractivity contribution in [3.63, 3.8) is 0 Å². The number of nitrogens with zero attached hydrogens (tertiary/aromatic N) is 3. The predicted octanol–water partition coefficient (Wildman–Crippen LogP) is 2.97. The van der Waals surface area contributed by atoms with Gasteiger partial charge < -0.3 is 9.64 Å². The van der Waals surface area contributed by atoms with E-state index in [4.69, 9.17) is 4.74 Å². The Balaban J connectivity index is 2.24. The van der Waals surface area contributed by atoms with Gasteiger partial charge in [0.1, 0.15) is 5.82 Å². The molecule has 0 saturated carbocycles. The average Bonchev–Trinajstić information content (AvgIpc) is 2.45. The first-order valence-electron chi connectivity index (χ1n) is 6.74. The summed E-state index contributed by atoms with van der Waals surface area (Å²) in [5.41, 5.74) is 1.50. The lowest BCUT2D eigenvalue weighted by Crippen LogP contribution is -2.24. The minimum atomic E-state index is 0.225. The van der Waals surface area contributed by atoms with Crippen LogP contribution in [0.25, 0.3) is 10.9 Å². The third-order valence-electron chi connectivity index (χ3n) is 3.09. The van der Waals surface area contributed by atoms with Crippen LogP contribution in [-0.2, 0) is 4.74 Å². The highest BCUT2D eigenvalue weighted by Gasteiger charge is 2.08. The fourth-order valence-corrected chi connectivity index (χ4v) is 1.99. The summed E-state index contributed by atoms with van der Waals surface area (Å²) in [5, 5.41) is 10.2. The molecule has 0 bridgehead atoms. The third kappa shape index (κ3) is 3.25. The quantitative estimate of drug-likeness (QED) is 0.837. The van der Waals surface area contributed by atoms with E-state index in [9.17, 15) is 5.26 Å². The molecule has 0 aliphatic heterocycles. The zero-order valence-corrected chi connectivity index (χ0v) is 12.1. The van der Waals surface area contributed by atoms with Gasteiger partial charge in [0.15, 0.2) is 0 Å². The van der Waals surface area contributed by atoms with Gasteiger partial charge in [-0.2, -0.15) is 5.26 Å². The molecule has 1 heterocycles. The minimum absolute atomic E-state index is 0.225. The van der Waals surface area contributed by atoms with Crippen molar-refractivity contribution in [3.05, 3.63) is 35.9 Å². The smallest absolute Gasteiger partial charge is 0.130 e. The molecule has 1 aromatic carbocycles. The molecular formula is C16H19N3O. The van der Waals surface area contributed by atoms with Crippen LogP contribution in [0.3, 0.4) is 0 Å². The molecule has 0 aliphatic carbocycles. The van der Waals surface area contributed by atoms with Crippen molar-refractivity contribution in [1.29, 1.82) is 5.26 Å². The minimum Gasteiger partial charge on any atom is -0.377 e. The Labute approximate surface area is 119 Å². The molecule has 1 aromatic heterocycles. The van der Waals surface area contributed by atoms with E-state index in [0.717, 1.165) is 23.3 Å². The zero-order valence-electron chi connectivity index (χ0n) is 12.1. The number of aromatic nitrogens is 1. The molecule has 104 valence electrons. The number of anilines is 1. The lowest BCUT2D eigenvalue weighted by molar-refractivity contribution is 0.0845. The van der Waals surface area contributed by atoms with Crippen molar-refractivity contribution in [2.24, 2.45) is 0 Å². The Hall–Kier alpha value is -2.12. The van der Waals surface area contributed by atoms with Crippen LogP contribution < -0.4 is 4.90 Å². The number of hydrogen-bond acceptors (Lipinski definition) is 4. The highest BCUT2D eigenvalue weighted by atomic mass is 16.5. The third-order valence-corrected chi connectivity index (χ3v) is 3.09. The van der Waals surface area contributed by atoms with Gasteiger partial charge in [0.05, 0.1) is 29.9 Å². The van der Waals surface area contributed by atoms with Crippen LogP contribution in [0.15, 0.2) is 30.3 Å². The molecule has 4 nitrogen and oxygen atoms in total. The summed E-state index contributed by atoms with van der Waals surface area (Å²) in [5.74, 6) is 0.799. The molecule has 0 amide bonds. The number of rotatable bonds is 5. The first-order chi connectivity index (χ1) is 9.61. The largest absolute Gasteiger partial charge is 0.377 e. The number of nitriles is 1. The lowest BCUT2D eigenvalue weighted by Gasteiger charge is -2.19. The van der Waals surface area contributed by atoms with Gasteiger partial charge in [-0.1, -0.05) is 18.2 Å². The predicted molar refractivity (Wildman–Crippen MR) is 80.8 cm³/mol. The van der Waals surface area contributed by atoms with Gasteiger partial charge in [-0.05, 0) is 26.0 Å². The molecular weight excluding hydrogens is 250 g/mol. The molecule has 0 aliphatic rings. The van der Waals surface area contributed by atoms with Crippen molar-refractivity contribution in [3.8, 4) is 6.07 Å². The Kier molecular flexibility index (Phi) is 4.54. The monoisotopic (exact) mass is 269 g/mol. The number of pyridine rings is 1. The van der Waals surface area contributed by atoms with Gasteiger partial charge in [0, 0.05) is 19.0 Å². The molecule has 4 heteroatoms. The molecule has 20 heavy (non-hydrogen) atoms. The van der Waals surface area contributed by atoms with Crippen LogP contribution in [0.2, 0.25) is 0 Å². The summed E-state index contributed by atoms with van der Waals surface area (Å²) < 4.78 is 5.54. The second-order valence-corrected chi connectivity index (χ2v) is 5.00. The number of para-hydroxylation sites is 1. The van der Waals surface area contributed by atoms with Crippen molar-refractivity contribution < 1.29 is 4.74 Å². The number of fused-ring (bicyclic) bond motifs is 1. The van der Waals surface area contributed by atoms with Gasteiger partial charge in [0.2, 0.25) is 0 Å². The van der Waals surface area contributed by atoms with E-state index in [-0.39, 0.29) is 6.10 Å². The van der Waals surface area contributed by atoms with E-state index in [0.29, 0.717) is 12.2 Å².